The van der Waals surface area contributed by atoms with Crippen LogP contribution in [0, 0.1) is 0 Å². The number of hydrogen-bond acceptors (Lipinski definition) is 5. The number of ether oxygens (including phenoxy) is 1. The van der Waals surface area contributed by atoms with Crippen LogP contribution < -0.4 is 4.90 Å². The summed E-state index contributed by atoms with van der Waals surface area (Å²) in [5, 5.41) is 9.32. The number of rotatable bonds is 7. The molecule has 30 heavy (non-hydrogen) atoms. The molecule has 7 heteroatoms. The summed E-state index contributed by atoms with van der Waals surface area (Å²) in [6.07, 6.45) is 4.23. The van der Waals surface area contributed by atoms with Gasteiger partial charge in [0.05, 0.1) is 23.2 Å². The number of aromatic carboxylic acids is 1. The molecule has 1 aliphatic rings. The SMILES string of the molecule is CCOCCn1c(-c2ccc(N3[C@@H](C)CC[C@@H]3C)nc2)nc2cc(C(=O)O)ccc21. The normalized spacial score (nSPS) is 19.0. The smallest absolute Gasteiger partial charge is 0.335 e. The summed E-state index contributed by atoms with van der Waals surface area (Å²) < 4.78 is 7.63. The van der Waals surface area contributed by atoms with Gasteiger partial charge in [-0.2, -0.15) is 0 Å². The molecule has 0 amide bonds. The quantitative estimate of drug-likeness (QED) is 0.590. The first kappa shape index (κ1) is 20.3. The summed E-state index contributed by atoms with van der Waals surface area (Å²) in [6.45, 7) is 8.29. The highest BCUT2D eigenvalue weighted by molar-refractivity contribution is 5.93. The van der Waals surface area contributed by atoms with Gasteiger partial charge in [-0.05, 0) is 63.9 Å². The van der Waals surface area contributed by atoms with Crippen molar-refractivity contribution in [1.82, 2.24) is 14.5 Å². The Kier molecular flexibility index (Phi) is 5.72. The highest BCUT2D eigenvalue weighted by Crippen LogP contribution is 2.31. The van der Waals surface area contributed by atoms with E-state index in [1.165, 1.54) is 12.8 Å². The first-order chi connectivity index (χ1) is 14.5. The average molecular weight is 409 g/mol. The summed E-state index contributed by atoms with van der Waals surface area (Å²) in [5.74, 6) is 0.803. The van der Waals surface area contributed by atoms with Crippen molar-refractivity contribution in [2.24, 2.45) is 0 Å². The predicted molar refractivity (Wildman–Crippen MR) is 117 cm³/mol. The zero-order valence-electron chi connectivity index (χ0n) is 17.7. The second-order valence-corrected chi connectivity index (χ2v) is 7.88. The zero-order chi connectivity index (χ0) is 21.3. The molecule has 1 N–H and O–H groups in total. The van der Waals surface area contributed by atoms with Gasteiger partial charge in [0.2, 0.25) is 0 Å². The number of pyridine rings is 1. The summed E-state index contributed by atoms with van der Waals surface area (Å²) in [7, 11) is 0. The van der Waals surface area contributed by atoms with E-state index in [0.29, 0.717) is 37.4 Å². The van der Waals surface area contributed by atoms with E-state index in [1.807, 2.05) is 19.2 Å². The second kappa shape index (κ2) is 8.44. The van der Waals surface area contributed by atoms with Crippen LogP contribution in [0.4, 0.5) is 5.82 Å². The molecule has 4 rings (SSSR count). The van der Waals surface area contributed by atoms with Gasteiger partial charge in [-0.3, -0.25) is 0 Å². The van der Waals surface area contributed by atoms with Crippen LogP contribution in [-0.2, 0) is 11.3 Å². The monoisotopic (exact) mass is 408 g/mol. The number of fused-ring (bicyclic) bond motifs is 1. The highest BCUT2D eigenvalue weighted by atomic mass is 16.5. The van der Waals surface area contributed by atoms with E-state index in [9.17, 15) is 9.90 Å². The zero-order valence-corrected chi connectivity index (χ0v) is 17.7. The van der Waals surface area contributed by atoms with Crippen molar-refractivity contribution < 1.29 is 14.6 Å². The number of anilines is 1. The van der Waals surface area contributed by atoms with Crippen molar-refractivity contribution in [2.75, 3.05) is 18.1 Å². The lowest BCUT2D eigenvalue weighted by Crippen LogP contribution is -2.33. The number of nitrogens with zero attached hydrogens (tertiary/aromatic N) is 4. The van der Waals surface area contributed by atoms with E-state index in [4.69, 9.17) is 14.7 Å². The summed E-state index contributed by atoms with van der Waals surface area (Å²) in [5.41, 5.74) is 2.68. The molecule has 0 unspecified atom stereocenters. The molecule has 0 saturated carbocycles. The summed E-state index contributed by atoms with van der Waals surface area (Å²) >= 11 is 0. The van der Waals surface area contributed by atoms with Crippen molar-refractivity contribution in [1.29, 1.82) is 0 Å². The minimum atomic E-state index is -0.956. The topological polar surface area (TPSA) is 80.5 Å². The third-order valence-corrected chi connectivity index (χ3v) is 5.88. The average Bonchev–Trinajstić information content (AvgIpc) is 3.27. The fourth-order valence-corrected chi connectivity index (χ4v) is 4.33. The number of benzene rings is 1. The van der Waals surface area contributed by atoms with Crippen LogP contribution in [-0.4, -0.2) is 50.9 Å². The van der Waals surface area contributed by atoms with E-state index < -0.39 is 5.97 Å². The van der Waals surface area contributed by atoms with Gasteiger partial charge in [0.15, 0.2) is 0 Å². The van der Waals surface area contributed by atoms with Gasteiger partial charge in [0, 0.05) is 37.0 Å². The lowest BCUT2D eigenvalue weighted by Gasteiger charge is -2.27. The highest BCUT2D eigenvalue weighted by Gasteiger charge is 2.28. The molecule has 0 aliphatic carbocycles. The molecule has 0 bridgehead atoms. The van der Waals surface area contributed by atoms with Gasteiger partial charge in [0.1, 0.15) is 11.6 Å². The number of carboxylic acids is 1. The van der Waals surface area contributed by atoms with E-state index in [1.54, 1.807) is 12.1 Å². The molecular weight excluding hydrogens is 380 g/mol. The molecule has 1 aromatic carbocycles. The van der Waals surface area contributed by atoms with Crippen LogP contribution in [0.15, 0.2) is 36.5 Å². The summed E-state index contributed by atoms with van der Waals surface area (Å²) in [6, 6.07) is 10.1. The van der Waals surface area contributed by atoms with Gasteiger partial charge < -0.3 is 19.3 Å². The molecule has 2 aromatic heterocycles. The molecule has 3 heterocycles. The first-order valence-corrected chi connectivity index (χ1v) is 10.6. The van der Waals surface area contributed by atoms with Gasteiger partial charge in [-0.25, -0.2) is 14.8 Å². The molecular formula is C23H28N4O3. The number of carbonyl (C=O) groups is 1. The third kappa shape index (κ3) is 3.77. The fraction of sp³-hybridized carbons (Fsp3) is 0.435. The van der Waals surface area contributed by atoms with E-state index in [-0.39, 0.29) is 5.56 Å². The van der Waals surface area contributed by atoms with Crippen LogP contribution in [0.25, 0.3) is 22.4 Å². The van der Waals surface area contributed by atoms with Crippen LogP contribution >= 0.6 is 0 Å². The Balaban J connectivity index is 1.72. The van der Waals surface area contributed by atoms with Crippen LogP contribution in [0.3, 0.4) is 0 Å². The lowest BCUT2D eigenvalue weighted by atomic mass is 10.2. The second-order valence-electron chi connectivity index (χ2n) is 7.88. The molecule has 0 radical (unpaired) electrons. The third-order valence-electron chi connectivity index (χ3n) is 5.88. The number of carboxylic acid groups (broad SMARTS) is 1. The number of aromatic nitrogens is 3. The maximum atomic E-state index is 11.4. The molecule has 3 aromatic rings. The first-order valence-electron chi connectivity index (χ1n) is 10.6. The van der Waals surface area contributed by atoms with Gasteiger partial charge in [-0.1, -0.05) is 0 Å². The Morgan fingerprint density at radius 1 is 1.20 bits per heavy atom. The molecule has 1 fully saturated rings. The van der Waals surface area contributed by atoms with E-state index in [0.717, 1.165) is 22.7 Å². The van der Waals surface area contributed by atoms with Gasteiger partial charge >= 0.3 is 5.97 Å². The van der Waals surface area contributed by atoms with Crippen LogP contribution in [0.5, 0.6) is 0 Å². The molecule has 1 saturated heterocycles. The molecule has 2 atom stereocenters. The van der Waals surface area contributed by atoms with Crippen molar-refractivity contribution in [3.05, 3.63) is 42.1 Å². The predicted octanol–water partition coefficient (Wildman–Crippen LogP) is 4.21. The van der Waals surface area contributed by atoms with Crippen LogP contribution in [0.1, 0.15) is 44.0 Å². The molecule has 0 spiro atoms. The summed E-state index contributed by atoms with van der Waals surface area (Å²) in [4.78, 5) is 23.2. The van der Waals surface area contributed by atoms with E-state index >= 15 is 0 Å². The Labute approximate surface area is 176 Å². The van der Waals surface area contributed by atoms with E-state index in [2.05, 4.69) is 35.4 Å². The number of imidazole rings is 1. The Morgan fingerprint density at radius 3 is 2.60 bits per heavy atom. The fourth-order valence-electron chi connectivity index (χ4n) is 4.33. The number of hydrogen-bond donors (Lipinski definition) is 1. The Bertz CT molecular complexity index is 1030. The minimum absolute atomic E-state index is 0.231. The maximum Gasteiger partial charge on any atom is 0.335 e. The minimum Gasteiger partial charge on any atom is -0.478 e. The van der Waals surface area contributed by atoms with Crippen molar-refractivity contribution in [2.45, 2.75) is 52.2 Å². The Morgan fingerprint density at radius 2 is 1.97 bits per heavy atom. The maximum absolute atomic E-state index is 11.4. The van der Waals surface area contributed by atoms with Crippen molar-refractivity contribution in [3.8, 4) is 11.4 Å². The lowest BCUT2D eigenvalue weighted by molar-refractivity contribution is 0.0697. The van der Waals surface area contributed by atoms with Crippen molar-refractivity contribution in [3.63, 3.8) is 0 Å². The Hall–Kier alpha value is -2.93. The molecule has 7 nitrogen and oxygen atoms in total. The van der Waals surface area contributed by atoms with Crippen LogP contribution in [0.2, 0.25) is 0 Å². The van der Waals surface area contributed by atoms with Crippen molar-refractivity contribution >= 4 is 22.8 Å². The van der Waals surface area contributed by atoms with Gasteiger partial charge in [-0.15, -0.1) is 0 Å². The standard InChI is InChI=1S/C23H28N4O3/c1-4-30-12-11-26-20-9-7-17(23(28)29)13-19(20)25-22(26)18-8-10-21(24-14-18)27-15(2)5-6-16(27)3/h7-10,13-16H,4-6,11-12H2,1-3H3,(H,28,29)/t15-,16-/m0/s1. The molecule has 1 aliphatic heterocycles. The van der Waals surface area contributed by atoms with Gasteiger partial charge in [0.25, 0.3) is 0 Å². The largest absolute Gasteiger partial charge is 0.478 e. The molecule has 158 valence electrons.